The summed E-state index contributed by atoms with van der Waals surface area (Å²) >= 11 is 0. The lowest BCUT2D eigenvalue weighted by Gasteiger charge is -2.30. The monoisotopic (exact) mass is 365 g/mol. The number of hydrogen-bond donors (Lipinski definition) is 0. The van der Waals surface area contributed by atoms with Crippen LogP contribution in [-0.2, 0) is 16.6 Å². The van der Waals surface area contributed by atoms with E-state index in [9.17, 15) is 17.6 Å². The highest BCUT2D eigenvalue weighted by Gasteiger charge is 2.25. The first-order chi connectivity index (χ1) is 11.8. The van der Waals surface area contributed by atoms with Crippen molar-refractivity contribution in [1.82, 2.24) is 14.1 Å². The van der Waals surface area contributed by atoms with Crippen LogP contribution in [0.5, 0.6) is 0 Å². The van der Waals surface area contributed by atoms with E-state index in [0.717, 1.165) is 5.56 Å². The topological polar surface area (TPSA) is 72.3 Å². The third kappa shape index (κ3) is 4.32. The molecule has 1 aliphatic rings. The van der Waals surface area contributed by atoms with Crippen LogP contribution in [0.4, 0.5) is 4.39 Å². The van der Waals surface area contributed by atoms with Crippen LogP contribution < -0.4 is 5.56 Å². The molecule has 1 aromatic carbocycles. The first-order valence-corrected chi connectivity index (χ1v) is 9.97. The van der Waals surface area contributed by atoms with E-state index >= 15 is 0 Å². The van der Waals surface area contributed by atoms with Crippen LogP contribution in [0.1, 0.15) is 12.8 Å². The first-order valence-electron chi connectivity index (χ1n) is 8.12. The van der Waals surface area contributed by atoms with Crippen LogP contribution in [-0.4, -0.2) is 41.8 Å². The highest BCUT2D eigenvalue weighted by molar-refractivity contribution is 7.88. The Morgan fingerprint density at radius 3 is 2.36 bits per heavy atom. The van der Waals surface area contributed by atoms with Gasteiger partial charge in [0, 0.05) is 31.3 Å². The van der Waals surface area contributed by atoms with Gasteiger partial charge in [-0.1, -0.05) is 0 Å². The zero-order valence-corrected chi connectivity index (χ0v) is 14.7. The van der Waals surface area contributed by atoms with Crippen LogP contribution in [0, 0.1) is 11.7 Å². The van der Waals surface area contributed by atoms with E-state index in [1.807, 2.05) is 0 Å². The fourth-order valence-electron chi connectivity index (χ4n) is 3.02. The van der Waals surface area contributed by atoms with Crippen LogP contribution in [0.2, 0.25) is 0 Å². The maximum absolute atomic E-state index is 13.0. The molecule has 1 aromatic heterocycles. The molecule has 0 N–H and O–H groups in total. The lowest BCUT2D eigenvalue weighted by atomic mass is 9.98. The Balaban J connectivity index is 1.74. The molecule has 134 valence electrons. The van der Waals surface area contributed by atoms with Crippen molar-refractivity contribution in [2.24, 2.45) is 5.92 Å². The molecule has 1 fully saturated rings. The number of halogens is 1. The summed E-state index contributed by atoms with van der Waals surface area (Å²) in [5, 5.41) is 4.38. The smallest absolute Gasteiger partial charge is 0.266 e. The fourth-order valence-corrected chi connectivity index (χ4v) is 3.90. The number of aromatic nitrogens is 2. The van der Waals surface area contributed by atoms with Crippen molar-refractivity contribution in [3.63, 3.8) is 0 Å². The van der Waals surface area contributed by atoms with Crippen LogP contribution in [0.25, 0.3) is 11.3 Å². The summed E-state index contributed by atoms with van der Waals surface area (Å²) in [4.78, 5) is 12.1. The molecule has 3 rings (SSSR count). The quantitative estimate of drug-likeness (QED) is 0.827. The molecule has 0 atom stereocenters. The molecule has 1 saturated heterocycles. The molecule has 0 amide bonds. The first kappa shape index (κ1) is 17.8. The Morgan fingerprint density at radius 2 is 1.76 bits per heavy atom. The predicted octanol–water partition coefficient (Wildman–Crippen LogP) is 1.72. The summed E-state index contributed by atoms with van der Waals surface area (Å²) in [6.07, 6.45) is 2.61. The standard InChI is InChI=1S/C17H20FN3O3S/c1-25(23,24)20-10-8-13(9-11-20)12-21-17(22)7-6-16(19-21)14-2-4-15(18)5-3-14/h2-7,13H,8-12H2,1H3. The molecule has 6 nitrogen and oxygen atoms in total. The van der Waals surface area contributed by atoms with Crippen molar-refractivity contribution in [3.05, 3.63) is 52.6 Å². The van der Waals surface area contributed by atoms with Gasteiger partial charge >= 0.3 is 0 Å². The van der Waals surface area contributed by atoms with Gasteiger partial charge in [-0.2, -0.15) is 5.10 Å². The maximum atomic E-state index is 13.0. The van der Waals surface area contributed by atoms with Crippen LogP contribution >= 0.6 is 0 Å². The Labute approximate surface area is 146 Å². The highest BCUT2D eigenvalue weighted by atomic mass is 32.2. The lowest BCUT2D eigenvalue weighted by molar-refractivity contribution is 0.245. The van der Waals surface area contributed by atoms with Crippen molar-refractivity contribution in [2.75, 3.05) is 19.3 Å². The number of nitrogens with zero attached hydrogens (tertiary/aromatic N) is 3. The summed E-state index contributed by atoms with van der Waals surface area (Å²) in [5.74, 6) is -0.124. The third-order valence-electron chi connectivity index (χ3n) is 4.48. The zero-order valence-electron chi connectivity index (χ0n) is 13.9. The number of benzene rings is 1. The highest BCUT2D eigenvalue weighted by Crippen LogP contribution is 2.21. The number of hydrogen-bond acceptors (Lipinski definition) is 4. The molecule has 0 saturated carbocycles. The molecule has 0 unspecified atom stereocenters. The molecule has 0 radical (unpaired) electrons. The molecule has 25 heavy (non-hydrogen) atoms. The van der Waals surface area contributed by atoms with Gasteiger partial charge in [-0.25, -0.2) is 21.8 Å². The van der Waals surface area contributed by atoms with Crippen molar-refractivity contribution < 1.29 is 12.8 Å². The van der Waals surface area contributed by atoms with Gasteiger partial charge < -0.3 is 0 Å². The molecule has 2 heterocycles. The summed E-state index contributed by atoms with van der Waals surface area (Å²) in [6, 6.07) is 9.03. The lowest BCUT2D eigenvalue weighted by Crippen LogP contribution is -2.39. The Morgan fingerprint density at radius 1 is 1.12 bits per heavy atom. The number of rotatable bonds is 4. The van der Waals surface area contributed by atoms with E-state index < -0.39 is 10.0 Å². The third-order valence-corrected chi connectivity index (χ3v) is 5.78. The Kier molecular flexibility index (Phi) is 5.01. The van der Waals surface area contributed by atoms with E-state index in [2.05, 4.69) is 5.10 Å². The Hall–Kier alpha value is -2.06. The van der Waals surface area contributed by atoms with Crippen molar-refractivity contribution in [3.8, 4) is 11.3 Å². The van der Waals surface area contributed by atoms with Crippen molar-refractivity contribution in [1.29, 1.82) is 0 Å². The van der Waals surface area contributed by atoms with E-state index in [1.165, 1.54) is 33.4 Å². The second-order valence-electron chi connectivity index (χ2n) is 6.35. The second kappa shape index (κ2) is 7.05. The maximum Gasteiger partial charge on any atom is 0.266 e. The summed E-state index contributed by atoms with van der Waals surface area (Å²) in [6.45, 7) is 1.39. The molecule has 1 aliphatic heterocycles. The minimum Gasteiger partial charge on any atom is -0.268 e. The van der Waals surface area contributed by atoms with Gasteiger partial charge in [0.25, 0.3) is 5.56 Å². The van der Waals surface area contributed by atoms with Gasteiger partial charge in [0.2, 0.25) is 10.0 Å². The van der Waals surface area contributed by atoms with Gasteiger partial charge in [-0.3, -0.25) is 4.79 Å². The molecule has 0 bridgehead atoms. The summed E-state index contributed by atoms with van der Waals surface area (Å²) < 4.78 is 39.1. The van der Waals surface area contributed by atoms with E-state index in [-0.39, 0.29) is 17.3 Å². The van der Waals surface area contributed by atoms with Crippen molar-refractivity contribution in [2.45, 2.75) is 19.4 Å². The second-order valence-corrected chi connectivity index (χ2v) is 8.33. The summed E-state index contributed by atoms with van der Waals surface area (Å²) in [7, 11) is -3.16. The van der Waals surface area contributed by atoms with Gasteiger partial charge in [-0.15, -0.1) is 0 Å². The minimum absolute atomic E-state index is 0.198. The molecular weight excluding hydrogens is 345 g/mol. The van der Waals surface area contributed by atoms with Gasteiger partial charge in [-0.05, 0) is 49.1 Å². The van der Waals surface area contributed by atoms with Gasteiger partial charge in [0.15, 0.2) is 0 Å². The normalized spacial score (nSPS) is 16.9. The van der Waals surface area contributed by atoms with Crippen LogP contribution in [0.15, 0.2) is 41.2 Å². The average molecular weight is 365 g/mol. The number of piperidine rings is 1. The SMILES string of the molecule is CS(=O)(=O)N1CCC(Cn2nc(-c3ccc(F)cc3)ccc2=O)CC1. The van der Waals surface area contributed by atoms with Gasteiger partial charge in [0.1, 0.15) is 5.82 Å². The fraction of sp³-hybridized carbons (Fsp3) is 0.412. The van der Waals surface area contributed by atoms with E-state index in [0.29, 0.717) is 38.2 Å². The molecule has 0 spiro atoms. The zero-order chi connectivity index (χ0) is 18.0. The molecule has 2 aromatic rings. The molecular formula is C17H20FN3O3S. The Bertz CT molecular complexity index is 901. The predicted molar refractivity (Wildman–Crippen MR) is 93.0 cm³/mol. The van der Waals surface area contributed by atoms with E-state index in [4.69, 9.17) is 0 Å². The van der Waals surface area contributed by atoms with Crippen molar-refractivity contribution >= 4 is 10.0 Å². The molecule has 8 heteroatoms. The average Bonchev–Trinajstić information content (AvgIpc) is 2.57. The largest absolute Gasteiger partial charge is 0.268 e. The molecule has 0 aliphatic carbocycles. The summed E-state index contributed by atoms with van der Waals surface area (Å²) in [5.41, 5.74) is 1.15. The van der Waals surface area contributed by atoms with Crippen LogP contribution in [0.3, 0.4) is 0 Å². The number of sulfonamides is 1. The van der Waals surface area contributed by atoms with Gasteiger partial charge in [0.05, 0.1) is 11.9 Å². The minimum atomic E-state index is -3.16. The van der Waals surface area contributed by atoms with E-state index in [1.54, 1.807) is 18.2 Å².